The van der Waals surface area contributed by atoms with Crippen molar-refractivity contribution in [2.75, 3.05) is 20.4 Å². The monoisotopic (exact) mass is 256 g/mol. The minimum absolute atomic E-state index is 0.828. The van der Waals surface area contributed by atoms with Crippen molar-refractivity contribution < 1.29 is 4.90 Å². The Kier molecular flexibility index (Phi) is 4.09. The van der Waals surface area contributed by atoms with Crippen molar-refractivity contribution in [1.29, 1.82) is 0 Å². The number of aliphatic imine (C=N–C) groups is 1. The number of benzene rings is 1. The molecule has 0 fully saturated rings. The molecule has 2 N–H and O–H groups in total. The Hall–Kier alpha value is -0.710. The van der Waals surface area contributed by atoms with Crippen molar-refractivity contribution in [3.63, 3.8) is 0 Å². The van der Waals surface area contributed by atoms with E-state index in [0.717, 1.165) is 34.8 Å². The number of nitrogens with one attached hydrogen (secondary N) is 2. The Morgan fingerprint density at radius 1 is 1.50 bits per heavy atom. The molecule has 16 heavy (non-hydrogen) atoms. The van der Waals surface area contributed by atoms with Crippen molar-refractivity contribution in [2.45, 2.75) is 5.75 Å². The summed E-state index contributed by atoms with van der Waals surface area (Å²) in [5.41, 5.74) is 1.16. The molecular weight excluding hydrogens is 242 g/mol. The largest absolute Gasteiger partial charge is 0.318 e. The van der Waals surface area contributed by atoms with Crippen molar-refractivity contribution in [1.82, 2.24) is 5.32 Å². The highest BCUT2D eigenvalue weighted by Gasteiger charge is 2.11. The van der Waals surface area contributed by atoms with E-state index in [4.69, 9.17) is 11.6 Å². The maximum Gasteiger partial charge on any atom is 0.175 e. The average molecular weight is 257 g/mol. The van der Waals surface area contributed by atoms with Crippen LogP contribution in [0, 0.1) is 0 Å². The van der Waals surface area contributed by atoms with E-state index in [0.29, 0.717) is 0 Å². The molecule has 2 rings (SSSR count). The van der Waals surface area contributed by atoms with Gasteiger partial charge in [-0.25, -0.2) is 4.99 Å². The van der Waals surface area contributed by atoms with Crippen LogP contribution in [0.3, 0.4) is 0 Å². The normalized spacial score (nSPS) is 20.1. The first kappa shape index (κ1) is 11.8. The third-order valence-corrected chi connectivity index (χ3v) is 3.73. The quantitative estimate of drug-likeness (QED) is 0.826. The lowest BCUT2D eigenvalue weighted by Crippen LogP contribution is -3.11. The Balaban J connectivity index is 1.91. The van der Waals surface area contributed by atoms with Gasteiger partial charge in [-0.1, -0.05) is 41.6 Å². The molecule has 1 aliphatic heterocycles. The van der Waals surface area contributed by atoms with Crippen molar-refractivity contribution in [2.24, 2.45) is 4.99 Å². The van der Waals surface area contributed by atoms with E-state index in [1.54, 1.807) is 11.8 Å². The molecule has 0 bridgehead atoms. The predicted octanol–water partition coefficient (Wildman–Crippen LogP) is 0.962. The second kappa shape index (κ2) is 5.57. The first-order valence-electron chi connectivity index (χ1n) is 5.21. The van der Waals surface area contributed by atoms with Crippen LogP contribution in [0.1, 0.15) is 5.56 Å². The lowest BCUT2D eigenvalue weighted by molar-refractivity contribution is -0.882. The summed E-state index contributed by atoms with van der Waals surface area (Å²) in [6.07, 6.45) is 0. The molecule has 0 saturated heterocycles. The molecular formula is C11H15ClN3S+. The zero-order valence-electron chi connectivity index (χ0n) is 9.16. The van der Waals surface area contributed by atoms with Crippen LogP contribution in [0.5, 0.6) is 0 Å². The first-order chi connectivity index (χ1) is 7.75. The summed E-state index contributed by atoms with van der Waals surface area (Å²) >= 11 is 7.80. The van der Waals surface area contributed by atoms with Gasteiger partial charge in [0.05, 0.1) is 7.05 Å². The minimum atomic E-state index is 0.828. The van der Waals surface area contributed by atoms with Crippen LogP contribution in [0.15, 0.2) is 29.3 Å². The maximum absolute atomic E-state index is 6.09. The number of nitrogens with zero attached hydrogens (tertiary/aromatic N) is 1. The second-order valence-corrected chi connectivity index (χ2v) is 5.18. The molecule has 0 amide bonds. The molecule has 0 spiro atoms. The molecule has 0 radical (unpaired) electrons. The summed E-state index contributed by atoms with van der Waals surface area (Å²) < 4.78 is 0. The fourth-order valence-corrected chi connectivity index (χ4v) is 2.56. The van der Waals surface area contributed by atoms with Crippen molar-refractivity contribution >= 4 is 28.5 Å². The highest BCUT2D eigenvalue weighted by molar-refractivity contribution is 8.13. The summed E-state index contributed by atoms with van der Waals surface area (Å²) in [6, 6.07) is 7.93. The van der Waals surface area contributed by atoms with Crippen LogP contribution in [-0.2, 0) is 5.75 Å². The lowest BCUT2D eigenvalue weighted by atomic mass is 10.2. The molecule has 1 aliphatic rings. The van der Waals surface area contributed by atoms with E-state index < -0.39 is 0 Å². The number of amidine groups is 1. The van der Waals surface area contributed by atoms with Gasteiger partial charge < -0.3 is 10.2 Å². The van der Waals surface area contributed by atoms with E-state index >= 15 is 0 Å². The van der Waals surface area contributed by atoms with Gasteiger partial charge in [-0.15, -0.1) is 0 Å². The Morgan fingerprint density at radius 3 is 3.00 bits per heavy atom. The van der Waals surface area contributed by atoms with Gasteiger partial charge in [-0.3, -0.25) is 0 Å². The molecule has 1 aromatic rings. The fourth-order valence-electron chi connectivity index (χ4n) is 1.40. The molecule has 0 aliphatic carbocycles. The third kappa shape index (κ3) is 3.14. The van der Waals surface area contributed by atoms with Gasteiger partial charge in [0.1, 0.15) is 0 Å². The second-order valence-electron chi connectivity index (χ2n) is 3.81. The summed E-state index contributed by atoms with van der Waals surface area (Å²) in [6.45, 7) is 1.78. The van der Waals surface area contributed by atoms with Gasteiger partial charge in [0, 0.05) is 10.8 Å². The smallest absolute Gasteiger partial charge is 0.175 e. The van der Waals surface area contributed by atoms with Crippen LogP contribution in [-0.4, -0.2) is 25.6 Å². The average Bonchev–Trinajstić information content (AvgIpc) is 2.30. The maximum atomic E-state index is 6.09. The molecule has 1 unspecified atom stereocenters. The first-order valence-corrected chi connectivity index (χ1v) is 6.58. The van der Waals surface area contributed by atoms with Gasteiger partial charge >= 0.3 is 0 Å². The molecule has 0 saturated carbocycles. The van der Waals surface area contributed by atoms with Gasteiger partial charge in [0.15, 0.2) is 18.5 Å². The van der Waals surface area contributed by atoms with Gasteiger partial charge in [-0.05, 0) is 11.6 Å². The van der Waals surface area contributed by atoms with Gasteiger partial charge in [0.2, 0.25) is 0 Å². The van der Waals surface area contributed by atoms with E-state index in [9.17, 15) is 0 Å². The molecule has 86 valence electrons. The van der Waals surface area contributed by atoms with E-state index in [-0.39, 0.29) is 0 Å². The Bertz CT molecular complexity index is 395. The SMILES string of the molecule is C[NH+]1CN=C(SCc2ccccc2Cl)NC1. The summed E-state index contributed by atoms with van der Waals surface area (Å²) in [5.74, 6) is 0.866. The lowest BCUT2D eigenvalue weighted by Gasteiger charge is -2.19. The molecule has 3 nitrogen and oxygen atoms in total. The molecule has 1 atom stereocenters. The topological polar surface area (TPSA) is 28.8 Å². The molecule has 0 aromatic heterocycles. The highest BCUT2D eigenvalue weighted by Crippen LogP contribution is 2.21. The highest BCUT2D eigenvalue weighted by atomic mass is 35.5. The van der Waals surface area contributed by atoms with E-state index in [2.05, 4.69) is 23.4 Å². The Morgan fingerprint density at radius 2 is 2.31 bits per heavy atom. The predicted molar refractivity (Wildman–Crippen MR) is 69.9 cm³/mol. The number of hydrogen-bond acceptors (Lipinski definition) is 3. The minimum Gasteiger partial charge on any atom is -0.318 e. The zero-order chi connectivity index (χ0) is 11.4. The number of hydrogen-bond donors (Lipinski definition) is 2. The molecule has 1 heterocycles. The van der Waals surface area contributed by atoms with Crippen LogP contribution in [0.25, 0.3) is 0 Å². The van der Waals surface area contributed by atoms with Crippen LogP contribution in [0.2, 0.25) is 5.02 Å². The molecule has 1 aromatic carbocycles. The summed E-state index contributed by atoms with van der Waals surface area (Å²) in [4.78, 5) is 5.82. The number of halogens is 1. The van der Waals surface area contributed by atoms with Crippen molar-refractivity contribution in [3.05, 3.63) is 34.9 Å². The van der Waals surface area contributed by atoms with Gasteiger partial charge in [0.25, 0.3) is 0 Å². The number of rotatable bonds is 2. The van der Waals surface area contributed by atoms with E-state index in [1.807, 2.05) is 18.2 Å². The fraction of sp³-hybridized carbons (Fsp3) is 0.364. The number of thioether (sulfide) groups is 1. The van der Waals surface area contributed by atoms with E-state index in [1.165, 1.54) is 4.90 Å². The standard InChI is InChI=1S/C11H14ClN3S/c1-15-7-13-11(14-8-15)16-6-9-4-2-3-5-10(9)12/h2-5H,6-8H2,1H3,(H,13,14)/p+1. The number of quaternary nitrogens is 1. The zero-order valence-corrected chi connectivity index (χ0v) is 10.7. The summed E-state index contributed by atoms with van der Waals surface area (Å²) in [5, 5.41) is 5.14. The van der Waals surface area contributed by atoms with Crippen LogP contribution < -0.4 is 10.2 Å². The van der Waals surface area contributed by atoms with Crippen LogP contribution >= 0.6 is 23.4 Å². The van der Waals surface area contributed by atoms with Crippen LogP contribution in [0.4, 0.5) is 0 Å². The molecule has 5 heteroatoms. The third-order valence-electron chi connectivity index (χ3n) is 2.36. The summed E-state index contributed by atoms with van der Waals surface area (Å²) in [7, 11) is 2.12. The Labute approximate surface area is 105 Å². The van der Waals surface area contributed by atoms with Gasteiger partial charge in [-0.2, -0.15) is 0 Å². The van der Waals surface area contributed by atoms with Crippen molar-refractivity contribution in [3.8, 4) is 0 Å².